The van der Waals surface area contributed by atoms with Crippen LogP contribution in [-0.4, -0.2) is 16.6 Å². The molecule has 0 atom stereocenters. The van der Waals surface area contributed by atoms with Crippen molar-refractivity contribution in [1.29, 1.82) is 0 Å². The van der Waals surface area contributed by atoms with Crippen LogP contribution in [0.25, 0.3) is 0 Å². The summed E-state index contributed by atoms with van der Waals surface area (Å²) in [6.45, 7) is 7.49. The number of aryl methyl sites for hydroxylation is 1. The number of nitrogens with zero attached hydrogens (tertiary/aromatic N) is 1. The number of ether oxygens (including phenoxy) is 1. The second-order valence-corrected chi connectivity index (χ2v) is 4.57. The predicted molar refractivity (Wildman–Crippen MR) is 58.5 cm³/mol. The summed E-state index contributed by atoms with van der Waals surface area (Å²) < 4.78 is 5.21. The third-order valence-corrected chi connectivity index (χ3v) is 1.74. The Bertz CT molecular complexity index is 336. The number of esters is 1. The lowest BCUT2D eigenvalue weighted by molar-refractivity contribution is -0.153. The Labute approximate surface area is 90.5 Å². The molecule has 0 saturated heterocycles. The van der Waals surface area contributed by atoms with Gasteiger partial charge in [0.15, 0.2) is 0 Å². The van der Waals surface area contributed by atoms with Gasteiger partial charge in [-0.1, -0.05) is 6.07 Å². The van der Waals surface area contributed by atoms with Crippen molar-refractivity contribution in [3.05, 3.63) is 29.6 Å². The minimum atomic E-state index is -0.421. The minimum Gasteiger partial charge on any atom is -0.460 e. The highest BCUT2D eigenvalue weighted by Crippen LogP contribution is 2.09. The third-order valence-electron chi connectivity index (χ3n) is 1.74. The SMILES string of the molecule is Cc1ccc(CC(=O)OC(C)(C)C)cn1. The summed E-state index contributed by atoms with van der Waals surface area (Å²) in [6.07, 6.45) is 1.99. The maximum atomic E-state index is 11.5. The minimum absolute atomic E-state index is 0.215. The molecule has 0 aromatic carbocycles. The highest BCUT2D eigenvalue weighted by Gasteiger charge is 2.16. The quantitative estimate of drug-likeness (QED) is 0.698. The number of aromatic nitrogens is 1. The Morgan fingerprint density at radius 2 is 2.07 bits per heavy atom. The summed E-state index contributed by atoms with van der Waals surface area (Å²) in [5, 5.41) is 0. The molecule has 0 bridgehead atoms. The first kappa shape index (κ1) is 11.7. The van der Waals surface area contributed by atoms with E-state index in [0.717, 1.165) is 11.3 Å². The zero-order valence-corrected chi connectivity index (χ0v) is 9.70. The van der Waals surface area contributed by atoms with Crippen molar-refractivity contribution in [3.63, 3.8) is 0 Å². The molecule has 0 aliphatic rings. The average Bonchev–Trinajstić information content (AvgIpc) is 2.05. The molecule has 0 aliphatic carbocycles. The van der Waals surface area contributed by atoms with E-state index in [1.807, 2.05) is 39.8 Å². The van der Waals surface area contributed by atoms with Crippen LogP contribution in [0, 0.1) is 6.92 Å². The van der Waals surface area contributed by atoms with Gasteiger partial charge >= 0.3 is 5.97 Å². The van der Waals surface area contributed by atoms with Crippen LogP contribution in [0.4, 0.5) is 0 Å². The van der Waals surface area contributed by atoms with E-state index in [0.29, 0.717) is 0 Å². The number of rotatable bonds is 2. The van der Waals surface area contributed by atoms with E-state index in [1.54, 1.807) is 6.20 Å². The lowest BCUT2D eigenvalue weighted by atomic mass is 10.1. The van der Waals surface area contributed by atoms with E-state index >= 15 is 0 Å². The fourth-order valence-corrected chi connectivity index (χ4v) is 1.15. The van der Waals surface area contributed by atoms with Crippen molar-refractivity contribution in [1.82, 2.24) is 4.98 Å². The predicted octanol–water partition coefficient (Wildman–Crippen LogP) is 2.27. The molecular formula is C12H17NO2. The summed E-state index contributed by atoms with van der Waals surface area (Å²) in [5.41, 5.74) is 1.41. The lowest BCUT2D eigenvalue weighted by Gasteiger charge is -2.19. The number of hydrogen-bond acceptors (Lipinski definition) is 3. The first-order valence-corrected chi connectivity index (χ1v) is 5.00. The van der Waals surface area contributed by atoms with Crippen molar-refractivity contribution in [2.75, 3.05) is 0 Å². The molecule has 0 unspecified atom stereocenters. The molecule has 0 spiro atoms. The van der Waals surface area contributed by atoms with E-state index in [-0.39, 0.29) is 12.4 Å². The zero-order chi connectivity index (χ0) is 11.5. The van der Waals surface area contributed by atoms with Crippen LogP contribution in [0.15, 0.2) is 18.3 Å². The molecule has 0 saturated carbocycles. The van der Waals surface area contributed by atoms with Gasteiger partial charge in [0.05, 0.1) is 6.42 Å². The molecule has 3 nitrogen and oxygen atoms in total. The highest BCUT2D eigenvalue weighted by atomic mass is 16.6. The van der Waals surface area contributed by atoms with Gasteiger partial charge in [0.1, 0.15) is 5.60 Å². The molecule has 1 heterocycles. The third kappa shape index (κ3) is 4.58. The molecule has 0 aliphatic heterocycles. The van der Waals surface area contributed by atoms with E-state index in [2.05, 4.69) is 4.98 Å². The van der Waals surface area contributed by atoms with Crippen LogP contribution in [0.2, 0.25) is 0 Å². The topological polar surface area (TPSA) is 39.2 Å². The van der Waals surface area contributed by atoms with Gasteiger partial charge in [-0.25, -0.2) is 0 Å². The Hall–Kier alpha value is -1.38. The van der Waals surface area contributed by atoms with Crippen LogP contribution >= 0.6 is 0 Å². The largest absolute Gasteiger partial charge is 0.460 e. The Morgan fingerprint density at radius 3 is 2.53 bits per heavy atom. The molecule has 0 fully saturated rings. The first-order valence-electron chi connectivity index (χ1n) is 5.00. The Balaban J connectivity index is 2.55. The summed E-state index contributed by atoms with van der Waals surface area (Å²) in [7, 11) is 0. The first-order chi connectivity index (χ1) is 6.87. The normalized spacial score (nSPS) is 11.2. The lowest BCUT2D eigenvalue weighted by Crippen LogP contribution is -2.24. The summed E-state index contributed by atoms with van der Waals surface area (Å²) >= 11 is 0. The smallest absolute Gasteiger partial charge is 0.310 e. The van der Waals surface area contributed by atoms with Crippen molar-refractivity contribution in [2.45, 2.75) is 39.7 Å². The second kappa shape index (κ2) is 4.43. The second-order valence-electron chi connectivity index (χ2n) is 4.57. The van der Waals surface area contributed by atoms with Crippen molar-refractivity contribution < 1.29 is 9.53 Å². The number of carbonyl (C=O) groups excluding carboxylic acids is 1. The molecule has 0 N–H and O–H groups in total. The summed E-state index contributed by atoms with van der Waals surface area (Å²) in [4.78, 5) is 15.6. The van der Waals surface area contributed by atoms with Gasteiger partial charge < -0.3 is 4.74 Å². The van der Waals surface area contributed by atoms with E-state index in [9.17, 15) is 4.79 Å². The number of carbonyl (C=O) groups is 1. The molecule has 82 valence electrons. The molecule has 1 rings (SSSR count). The number of pyridine rings is 1. The molecule has 3 heteroatoms. The van der Waals surface area contributed by atoms with Crippen LogP contribution in [0.5, 0.6) is 0 Å². The summed E-state index contributed by atoms with van der Waals surface area (Å²) in [5.74, 6) is -0.215. The van der Waals surface area contributed by atoms with E-state index in [4.69, 9.17) is 4.74 Å². The zero-order valence-electron chi connectivity index (χ0n) is 9.70. The fraction of sp³-hybridized carbons (Fsp3) is 0.500. The van der Waals surface area contributed by atoms with E-state index in [1.165, 1.54) is 0 Å². The Morgan fingerprint density at radius 1 is 1.40 bits per heavy atom. The molecule has 0 radical (unpaired) electrons. The maximum Gasteiger partial charge on any atom is 0.310 e. The monoisotopic (exact) mass is 207 g/mol. The molecule has 15 heavy (non-hydrogen) atoms. The fourth-order valence-electron chi connectivity index (χ4n) is 1.15. The van der Waals surface area contributed by atoms with Crippen LogP contribution in [0.1, 0.15) is 32.0 Å². The molecular weight excluding hydrogens is 190 g/mol. The van der Waals surface area contributed by atoms with Gasteiger partial charge in [-0.2, -0.15) is 0 Å². The number of hydrogen-bond donors (Lipinski definition) is 0. The molecule has 0 amide bonds. The van der Waals surface area contributed by atoms with E-state index < -0.39 is 5.60 Å². The standard InChI is InChI=1S/C12H17NO2/c1-9-5-6-10(8-13-9)7-11(14)15-12(2,3)4/h5-6,8H,7H2,1-4H3. The van der Waals surface area contributed by atoms with Gasteiger partial charge in [0, 0.05) is 11.9 Å². The maximum absolute atomic E-state index is 11.5. The van der Waals surface area contributed by atoms with Gasteiger partial charge in [-0.3, -0.25) is 9.78 Å². The van der Waals surface area contributed by atoms with Gasteiger partial charge in [-0.05, 0) is 39.3 Å². The average molecular weight is 207 g/mol. The van der Waals surface area contributed by atoms with Crippen LogP contribution in [-0.2, 0) is 16.0 Å². The van der Waals surface area contributed by atoms with Crippen molar-refractivity contribution >= 4 is 5.97 Å². The molecule has 1 aromatic heterocycles. The van der Waals surface area contributed by atoms with Gasteiger partial charge in [-0.15, -0.1) is 0 Å². The van der Waals surface area contributed by atoms with Crippen LogP contribution in [0.3, 0.4) is 0 Å². The Kier molecular flexibility index (Phi) is 3.45. The summed E-state index contributed by atoms with van der Waals surface area (Å²) in [6, 6.07) is 3.78. The van der Waals surface area contributed by atoms with Crippen molar-refractivity contribution in [3.8, 4) is 0 Å². The molecule has 1 aromatic rings. The highest BCUT2D eigenvalue weighted by molar-refractivity contribution is 5.72. The van der Waals surface area contributed by atoms with Gasteiger partial charge in [0.25, 0.3) is 0 Å². The van der Waals surface area contributed by atoms with Crippen molar-refractivity contribution in [2.24, 2.45) is 0 Å². The van der Waals surface area contributed by atoms with Gasteiger partial charge in [0.2, 0.25) is 0 Å². The van der Waals surface area contributed by atoms with Crippen LogP contribution < -0.4 is 0 Å².